The Labute approximate surface area is 200 Å². The number of carbonyl (C=O) groups excluding carboxylic acids is 1. The highest BCUT2D eigenvalue weighted by atomic mass is 16.5. The van der Waals surface area contributed by atoms with Gasteiger partial charge in [-0.25, -0.2) is 24.4 Å². The van der Waals surface area contributed by atoms with Crippen molar-refractivity contribution in [3.63, 3.8) is 0 Å². The van der Waals surface area contributed by atoms with Gasteiger partial charge in [0.2, 0.25) is 0 Å². The number of morpholine rings is 1. The summed E-state index contributed by atoms with van der Waals surface area (Å²) in [6.07, 6.45) is 5.26. The van der Waals surface area contributed by atoms with Gasteiger partial charge in [0.1, 0.15) is 17.9 Å². The number of pyridine rings is 1. The van der Waals surface area contributed by atoms with E-state index in [9.17, 15) is 4.79 Å². The van der Waals surface area contributed by atoms with Crippen molar-refractivity contribution in [2.45, 2.75) is 25.6 Å². The molecule has 180 valence electrons. The van der Waals surface area contributed by atoms with Crippen LogP contribution in [0.2, 0.25) is 0 Å². The number of hydrogen-bond donors (Lipinski definition) is 0. The van der Waals surface area contributed by atoms with Crippen molar-refractivity contribution in [2.75, 3.05) is 31.8 Å². The van der Waals surface area contributed by atoms with Crippen molar-refractivity contribution < 1.29 is 19.0 Å². The number of hydrogen-bond acceptors (Lipinski definition) is 10. The van der Waals surface area contributed by atoms with Gasteiger partial charge in [-0.2, -0.15) is 0 Å². The number of ether oxygens (including phenoxy) is 3. The lowest BCUT2D eigenvalue weighted by atomic mass is 10.1. The van der Waals surface area contributed by atoms with E-state index in [0.717, 1.165) is 22.4 Å². The zero-order valence-electron chi connectivity index (χ0n) is 19.6. The van der Waals surface area contributed by atoms with Crippen molar-refractivity contribution in [2.24, 2.45) is 7.05 Å². The van der Waals surface area contributed by atoms with Crippen LogP contribution in [0.25, 0.3) is 22.4 Å². The number of methoxy groups -OCH3 is 1. The maximum atomic E-state index is 11.9. The van der Waals surface area contributed by atoms with E-state index in [2.05, 4.69) is 27.1 Å². The van der Waals surface area contributed by atoms with E-state index in [0.29, 0.717) is 37.1 Å². The number of fused-ring (bicyclic) bond motifs is 4. The van der Waals surface area contributed by atoms with Crippen molar-refractivity contribution in [1.29, 1.82) is 0 Å². The van der Waals surface area contributed by atoms with E-state index < -0.39 is 5.97 Å². The first kappa shape index (κ1) is 21.5. The molecule has 2 aliphatic rings. The molecule has 1 unspecified atom stereocenters. The van der Waals surface area contributed by atoms with Gasteiger partial charge in [-0.15, -0.1) is 5.10 Å². The monoisotopic (exact) mass is 476 g/mol. The maximum Gasteiger partial charge on any atom is 0.360 e. The van der Waals surface area contributed by atoms with Crippen LogP contribution in [0.4, 0.5) is 5.82 Å². The van der Waals surface area contributed by atoms with Crippen LogP contribution in [0.15, 0.2) is 30.7 Å². The van der Waals surface area contributed by atoms with Gasteiger partial charge < -0.3 is 23.7 Å². The molecule has 0 aliphatic carbocycles. The molecule has 0 spiro atoms. The lowest BCUT2D eigenvalue weighted by Crippen LogP contribution is -2.56. The van der Waals surface area contributed by atoms with E-state index in [1.165, 1.54) is 13.3 Å². The lowest BCUT2D eigenvalue weighted by Gasteiger charge is -2.44. The van der Waals surface area contributed by atoms with Gasteiger partial charge in [0.15, 0.2) is 23.1 Å². The molecular weight excluding hydrogens is 452 g/mol. The van der Waals surface area contributed by atoms with Crippen molar-refractivity contribution in [3.05, 3.63) is 42.1 Å². The van der Waals surface area contributed by atoms with Gasteiger partial charge >= 0.3 is 5.97 Å². The summed E-state index contributed by atoms with van der Waals surface area (Å²) >= 11 is 0. The Hall–Kier alpha value is -4.06. The van der Waals surface area contributed by atoms with E-state index in [-0.39, 0.29) is 24.3 Å². The number of aromatic nitrogens is 7. The summed E-state index contributed by atoms with van der Waals surface area (Å²) in [6, 6.07) is 4.12. The third-order valence-electron chi connectivity index (χ3n) is 6.37. The SMILES string of the molecule is COC(=O)c1cn(Cc2nc(-c3ccnc4c3ccn4C)nc3c2OCC2COC[C@@H](C)N32)nn1. The average molecular weight is 476 g/mol. The van der Waals surface area contributed by atoms with Crippen molar-refractivity contribution in [3.8, 4) is 17.1 Å². The van der Waals surface area contributed by atoms with Crippen LogP contribution in [0.3, 0.4) is 0 Å². The smallest absolute Gasteiger partial charge is 0.360 e. The van der Waals surface area contributed by atoms with Crippen LogP contribution in [0.5, 0.6) is 5.75 Å². The molecule has 2 aliphatic heterocycles. The van der Waals surface area contributed by atoms with Crippen LogP contribution in [0.1, 0.15) is 23.1 Å². The quantitative estimate of drug-likeness (QED) is 0.400. The van der Waals surface area contributed by atoms with E-state index >= 15 is 0 Å². The van der Waals surface area contributed by atoms with Crippen LogP contribution in [-0.4, -0.2) is 79.5 Å². The fraction of sp³-hybridized carbons (Fsp3) is 0.391. The number of rotatable bonds is 4. The van der Waals surface area contributed by atoms with Gasteiger partial charge in [0.25, 0.3) is 0 Å². The lowest BCUT2D eigenvalue weighted by molar-refractivity contribution is 0.0483. The van der Waals surface area contributed by atoms with Gasteiger partial charge in [0, 0.05) is 30.4 Å². The number of esters is 1. The fourth-order valence-electron chi connectivity index (χ4n) is 4.71. The Morgan fingerprint density at radius 3 is 2.97 bits per heavy atom. The molecule has 12 heteroatoms. The average Bonchev–Trinajstić information content (AvgIpc) is 3.50. The number of anilines is 1. The molecule has 6 heterocycles. The molecule has 6 rings (SSSR count). The molecule has 0 bridgehead atoms. The summed E-state index contributed by atoms with van der Waals surface area (Å²) in [5, 5.41) is 8.95. The molecule has 0 radical (unpaired) electrons. The zero-order valence-corrected chi connectivity index (χ0v) is 19.6. The molecule has 0 N–H and O–H groups in total. The first-order valence-corrected chi connectivity index (χ1v) is 11.3. The van der Waals surface area contributed by atoms with Gasteiger partial charge in [-0.3, -0.25) is 0 Å². The second-order valence-corrected chi connectivity index (χ2v) is 8.72. The van der Waals surface area contributed by atoms with Gasteiger partial charge in [-0.05, 0) is 19.1 Å². The summed E-state index contributed by atoms with van der Waals surface area (Å²) in [6.45, 7) is 4.01. The largest absolute Gasteiger partial charge is 0.486 e. The second kappa shape index (κ2) is 8.31. The summed E-state index contributed by atoms with van der Waals surface area (Å²) in [5.74, 6) is 1.35. The van der Waals surface area contributed by atoms with Gasteiger partial charge in [0.05, 0.1) is 45.1 Å². The molecule has 4 aromatic heterocycles. The van der Waals surface area contributed by atoms with Crippen molar-refractivity contribution >= 4 is 22.8 Å². The summed E-state index contributed by atoms with van der Waals surface area (Å²) < 4.78 is 20.2. The third kappa shape index (κ3) is 3.57. The minimum Gasteiger partial charge on any atom is -0.486 e. The highest BCUT2D eigenvalue weighted by Gasteiger charge is 2.38. The molecular formula is C23H24N8O4. The normalized spacial score (nSPS) is 19.2. The summed E-state index contributed by atoms with van der Waals surface area (Å²) in [7, 11) is 3.26. The fourth-order valence-corrected chi connectivity index (χ4v) is 4.71. The van der Waals surface area contributed by atoms with Crippen molar-refractivity contribution in [1.82, 2.24) is 34.5 Å². The molecule has 35 heavy (non-hydrogen) atoms. The van der Waals surface area contributed by atoms with E-state index in [1.807, 2.05) is 29.9 Å². The number of aryl methyl sites for hydroxylation is 1. The summed E-state index contributed by atoms with van der Waals surface area (Å²) in [4.78, 5) is 28.5. The third-order valence-corrected chi connectivity index (χ3v) is 6.37. The van der Waals surface area contributed by atoms with Crippen LogP contribution < -0.4 is 9.64 Å². The highest BCUT2D eigenvalue weighted by molar-refractivity contribution is 5.91. The molecule has 0 aromatic carbocycles. The second-order valence-electron chi connectivity index (χ2n) is 8.72. The van der Waals surface area contributed by atoms with Crippen LogP contribution in [0, 0.1) is 0 Å². The molecule has 4 aromatic rings. The Kier molecular flexibility index (Phi) is 5.10. The molecule has 0 amide bonds. The first-order chi connectivity index (χ1) is 17.0. The predicted octanol–water partition coefficient (Wildman–Crippen LogP) is 1.44. The van der Waals surface area contributed by atoms with E-state index in [1.54, 1.807) is 10.9 Å². The summed E-state index contributed by atoms with van der Waals surface area (Å²) in [5.41, 5.74) is 2.48. The number of nitrogens with zero attached hydrogens (tertiary/aromatic N) is 8. The van der Waals surface area contributed by atoms with Crippen LogP contribution >= 0.6 is 0 Å². The first-order valence-electron chi connectivity index (χ1n) is 11.3. The Morgan fingerprint density at radius 2 is 2.11 bits per heavy atom. The van der Waals surface area contributed by atoms with Gasteiger partial charge in [-0.1, -0.05) is 5.21 Å². The number of carbonyl (C=O) groups is 1. The zero-order chi connectivity index (χ0) is 24.1. The highest BCUT2D eigenvalue weighted by Crippen LogP contribution is 2.40. The Balaban J connectivity index is 1.50. The minimum absolute atomic E-state index is 0.0633. The molecule has 0 saturated carbocycles. The topological polar surface area (TPSA) is 122 Å². The van der Waals surface area contributed by atoms with E-state index in [4.69, 9.17) is 24.2 Å². The molecule has 1 saturated heterocycles. The van der Waals surface area contributed by atoms with Crippen LogP contribution in [-0.2, 0) is 23.1 Å². The standard InChI is InChI=1S/C23H24N8O4/c1-13-10-34-11-14-12-35-19-17(8-30-9-18(27-28-30)23(32)33-3)25-20(26-22(19)31(13)14)15-4-6-24-21-16(15)5-7-29(21)2/h4-7,9,13-14H,8,10-12H2,1-3H3/t13-,14?/m1/s1. The minimum atomic E-state index is -0.550. The maximum absolute atomic E-state index is 11.9. The predicted molar refractivity (Wildman–Crippen MR) is 124 cm³/mol. The Morgan fingerprint density at radius 1 is 1.23 bits per heavy atom. The molecule has 12 nitrogen and oxygen atoms in total. The Bertz CT molecular complexity index is 1430. The molecule has 1 fully saturated rings. The molecule has 2 atom stereocenters.